The number of benzene rings is 3. The van der Waals surface area contributed by atoms with E-state index in [9.17, 15) is 14.4 Å². The molecule has 1 aliphatic heterocycles. The van der Waals surface area contributed by atoms with Gasteiger partial charge in [0.2, 0.25) is 5.91 Å². The maximum atomic E-state index is 12.8. The van der Waals surface area contributed by atoms with Crippen LogP contribution in [0.2, 0.25) is 0 Å². The lowest BCUT2D eigenvalue weighted by Gasteiger charge is -2.14. The van der Waals surface area contributed by atoms with Gasteiger partial charge >= 0.3 is 0 Å². The predicted molar refractivity (Wildman–Crippen MR) is 134 cm³/mol. The van der Waals surface area contributed by atoms with E-state index in [2.05, 4.69) is 5.32 Å². The van der Waals surface area contributed by atoms with Crippen LogP contribution in [0.15, 0.2) is 77.7 Å². The van der Waals surface area contributed by atoms with Crippen LogP contribution in [-0.4, -0.2) is 28.5 Å². The number of hydrogen-bond donors (Lipinski definition) is 1. The van der Waals surface area contributed by atoms with E-state index in [-0.39, 0.29) is 11.4 Å². The molecule has 0 radical (unpaired) electrons. The Kier molecular flexibility index (Phi) is 7.13. The molecule has 1 aliphatic rings. The van der Waals surface area contributed by atoms with Crippen LogP contribution < -0.4 is 10.1 Å². The Hall–Kier alpha value is -3.84. The van der Waals surface area contributed by atoms with Crippen molar-refractivity contribution in [1.82, 2.24) is 4.90 Å². The average Bonchev–Trinajstić information content (AvgIpc) is 3.08. The minimum absolute atomic E-state index is 0.280. The summed E-state index contributed by atoms with van der Waals surface area (Å²) >= 11 is 0.829. The maximum absolute atomic E-state index is 12.8. The third kappa shape index (κ3) is 5.74. The number of anilines is 1. The van der Waals surface area contributed by atoms with Gasteiger partial charge in [0.05, 0.1) is 4.91 Å². The second-order valence-electron chi connectivity index (χ2n) is 7.98. The summed E-state index contributed by atoms with van der Waals surface area (Å²) in [6.07, 6.45) is 1.65. The molecule has 7 heteroatoms. The van der Waals surface area contributed by atoms with Gasteiger partial charge in [0.1, 0.15) is 18.9 Å². The fourth-order valence-corrected chi connectivity index (χ4v) is 4.31. The van der Waals surface area contributed by atoms with Crippen molar-refractivity contribution >= 4 is 40.6 Å². The number of aryl methyl sites for hydroxylation is 2. The number of nitrogens with one attached hydrogen (secondary N) is 1. The van der Waals surface area contributed by atoms with Gasteiger partial charge in [-0.1, -0.05) is 60.2 Å². The lowest BCUT2D eigenvalue weighted by molar-refractivity contribution is -0.127. The third-order valence-corrected chi connectivity index (χ3v) is 6.16. The van der Waals surface area contributed by atoms with Crippen LogP contribution in [-0.2, 0) is 16.2 Å². The smallest absolute Gasteiger partial charge is 0.294 e. The third-order valence-electron chi connectivity index (χ3n) is 5.26. The molecule has 1 N–H and O–H groups in total. The minimum atomic E-state index is -0.477. The van der Waals surface area contributed by atoms with Crippen molar-refractivity contribution in [3.05, 3.63) is 100.0 Å². The van der Waals surface area contributed by atoms with Crippen LogP contribution in [0.25, 0.3) is 6.08 Å². The molecule has 1 saturated heterocycles. The van der Waals surface area contributed by atoms with Crippen molar-refractivity contribution in [3.8, 4) is 5.75 Å². The highest BCUT2D eigenvalue weighted by molar-refractivity contribution is 8.18. The van der Waals surface area contributed by atoms with Crippen LogP contribution >= 0.6 is 11.8 Å². The number of nitrogens with zero attached hydrogens (tertiary/aromatic N) is 1. The molecule has 172 valence electrons. The number of carbonyl (C=O) groups is 3. The number of thioether (sulfide) groups is 1. The molecule has 3 aromatic carbocycles. The van der Waals surface area contributed by atoms with Gasteiger partial charge in [0.25, 0.3) is 11.1 Å². The van der Waals surface area contributed by atoms with Gasteiger partial charge in [-0.2, -0.15) is 0 Å². The number of carbonyl (C=O) groups excluding carboxylic acids is 3. The Balaban J connectivity index is 1.36. The van der Waals surface area contributed by atoms with Crippen LogP contribution in [0, 0.1) is 13.8 Å². The van der Waals surface area contributed by atoms with Gasteiger partial charge in [-0.15, -0.1) is 0 Å². The quantitative estimate of drug-likeness (QED) is 0.456. The molecule has 6 nitrogen and oxygen atoms in total. The second-order valence-corrected chi connectivity index (χ2v) is 8.97. The van der Waals surface area contributed by atoms with Gasteiger partial charge in [-0.3, -0.25) is 19.3 Å². The molecule has 0 spiro atoms. The molecule has 3 amide bonds. The summed E-state index contributed by atoms with van der Waals surface area (Å²) in [5.74, 6) is -0.192. The molecule has 1 fully saturated rings. The minimum Gasteiger partial charge on any atom is -0.489 e. The molecule has 0 bridgehead atoms. The first-order valence-corrected chi connectivity index (χ1v) is 11.6. The summed E-state index contributed by atoms with van der Waals surface area (Å²) in [7, 11) is 0. The fourth-order valence-electron chi connectivity index (χ4n) is 3.48. The van der Waals surface area contributed by atoms with Crippen molar-refractivity contribution in [1.29, 1.82) is 0 Å². The van der Waals surface area contributed by atoms with Gasteiger partial charge in [0, 0.05) is 5.69 Å². The van der Waals surface area contributed by atoms with Crippen LogP contribution in [0.4, 0.5) is 10.5 Å². The van der Waals surface area contributed by atoms with Crippen molar-refractivity contribution in [2.24, 2.45) is 0 Å². The number of ether oxygens (including phenoxy) is 1. The fraction of sp³-hybridized carbons (Fsp3) is 0.148. The number of amides is 3. The summed E-state index contributed by atoms with van der Waals surface area (Å²) in [4.78, 5) is 38.9. The van der Waals surface area contributed by atoms with Crippen LogP contribution in [0.5, 0.6) is 5.75 Å². The maximum Gasteiger partial charge on any atom is 0.294 e. The number of imide groups is 1. The Labute approximate surface area is 202 Å². The molecule has 0 saturated carbocycles. The van der Waals surface area contributed by atoms with Crippen LogP contribution in [0.1, 0.15) is 22.3 Å². The zero-order valence-corrected chi connectivity index (χ0v) is 19.7. The molecule has 0 aliphatic carbocycles. The molecule has 0 atom stereocenters. The van der Waals surface area contributed by atoms with Crippen LogP contribution in [0.3, 0.4) is 0 Å². The summed E-state index contributed by atoms with van der Waals surface area (Å²) in [6, 6.07) is 22.8. The first-order valence-electron chi connectivity index (χ1n) is 10.8. The van der Waals surface area contributed by atoms with E-state index < -0.39 is 17.1 Å². The van der Waals surface area contributed by atoms with E-state index in [4.69, 9.17) is 4.74 Å². The molecule has 3 aromatic rings. The molecule has 0 unspecified atom stereocenters. The zero-order chi connectivity index (χ0) is 24.1. The van der Waals surface area contributed by atoms with E-state index >= 15 is 0 Å². The lowest BCUT2D eigenvalue weighted by Crippen LogP contribution is -2.36. The largest absolute Gasteiger partial charge is 0.489 e. The van der Waals surface area contributed by atoms with Crippen molar-refractivity contribution in [3.63, 3.8) is 0 Å². The van der Waals surface area contributed by atoms with E-state index in [1.54, 1.807) is 6.08 Å². The molecular formula is C27H24N2O4S. The van der Waals surface area contributed by atoms with Crippen molar-refractivity contribution in [2.45, 2.75) is 20.5 Å². The van der Waals surface area contributed by atoms with E-state index in [1.165, 1.54) is 0 Å². The Morgan fingerprint density at radius 3 is 2.44 bits per heavy atom. The van der Waals surface area contributed by atoms with Gasteiger partial charge < -0.3 is 10.1 Å². The molecule has 34 heavy (non-hydrogen) atoms. The lowest BCUT2D eigenvalue weighted by atomic mass is 10.1. The first-order chi connectivity index (χ1) is 16.4. The highest BCUT2D eigenvalue weighted by Gasteiger charge is 2.36. The SMILES string of the molecule is Cc1ccc(NC(=O)CN2C(=O)S/C(=C/c3ccc(OCc4ccccc4)cc3)C2=O)c(C)c1. The van der Waals surface area contributed by atoms with E-state index in [1.807, 2.05) is 86.6 Å². The number of rotatable bonds is 7. The van der Waals surface area contributed by atoms with Gasteiger partial charge in [0.15, 0.2) is 0 Å². The second kappa shape index (κ2) is 10.4. The first kappa shape index (κ1) is 23.3. The summed E-state index contributed by atoms with van der Waals surface area (Å²) < 4.78 is 5.78. The molecule has 1 heterocycles. The standard InChI is InChI=1S/C27H24N2O4S/c1-18-8-13-23(19(2)14-18)28-25(30)16-29-26(31)24(34-27(29)32)15-20-9-11-22(12-10-20)33-17-21-6-4-3-5-7-21/h3-15H,16-17H2,1-2H3,(H,28,30)/b24-15+. The Bertz CT molecular complexity index is 1250. The monoisotopic (exact) mass is 472 g/mol. The molecule has 0 aromatic heterocycles. The normalized spacial score (nSPS) is 14.5. The summed E-state index contributed by atoms with van der Waals surface area (Å²) in [5.41, 5.74) is 4.49. The van der Waals surface area contributed by atoms with E-state index in [0.717, 1.165) is 38.9 Å². The van der Waals surface area contributed by atoms with Gasteiger partial charge in [-0.05, 0) is 66.6 Å². The average molecular weight is 473 g/mol. The topological polar surface area (TPSA) is 75.7 Å². The predicted octanol–water partition coefficient (Wildman–Crippen LogP) is 5.56. The summed E-state index contributed by atoms with van der Waals surface area (Å²) in [6.45, 7) is 3.99. The zero-order valence-electron chi connectivity index (χ0n) is 18.9. The number of hydrogen-bond acceptors (Lipinski definition) is 5. The summed E-state index contributed by atoms with van der Waals surface area (Å²) in [5, 5.41) is 2.31. The highest BCUT2D eigenvalue weighted by Crippen LogP contribution is 2.32. The van der Waals surface area contributed by atoms with Gasteiger partial charge in [-0.25, -0.2) is 0 Å². The molecule has 4 rings (SSSR count). The molecular weight excluding hydrogens is 448 g/mol. The van der Waals surface area contributed by atoms with E-state index in [0.29, 0.717) is 18.0 Å². The van der Waals surface area contributed by atoms with Crippen molar-refractivity contribution in [2.75, 3.05) is 11.9 Å². The highest BCUT2D eigenvalue weighted by atomic mass is 32.2. The Morgan fingerprint density at radius 2 is 1.74 bits per heavy atom. The Morgan fingerprint density at radius 1 is 1.00 bits per heavy atom. The van der Waals surface area contributed by atoms with Crippen molar-refractivity contribution < 1.29 is 19.1 Å².